The van der Waals surface area contributed by atoms with Crippen molar-refractivity contribution in [2.75, 3.05) is 6.54 Å². The van der Waals surface area contributed by atoms with E-state index in [-0.39, 0.29) is 12.3 Å². The maximum Gasteiger partial charge on any atom is 0.176 e. The Balaban J connectivity index is 2.15. The highest BCUT2D eigenvalue weighted by Crippen LogP contribution is 2.23. The van der Waals surface area contributed by atoms with Gasteiger partial charge in [0.15, 0.2) is 5.78 Å². The predicted molar refractivity (Wildman–Crippen MR) is 75.8 cm³/mol. The lowest BCUT2D eigenvalue weighted by atomic mass is 10.1. The van der Waals surface area contributed by atoms with Gasteiger partial charge in [-0.3, -0.25) is 4.79 Å². The molecule has 0 amide bonds. The second kappa shape index (κ2) is 5.67. The Labute approximate surface area is 113 Å². The standard InChI is InChI=1S/C16H17NO2/c1-11-3-6-15(9-12(11)2)19-14-7-4-13(5-8-14)16(18)10-17/h3-9H,10,17H2,1-2H3. The van der Waals surface area contributed by atoms with E-state index in [0.29, 0.717) is 11.3 Å². The van der Waals surface area contributed by atoms with E-state index in [1.807, 2.05) is 25.1 Å². The lowest BCUT2D eigenvalue weighted by Crippen LogP contribution is -2.13. The molecule has 2 aromatic carbocycles. The molecule has 0 saturated heterocycles. The van der Waals surface area contributed by atoms with Gasteiger partial charge < -0.3 is 10.5 Å². The summed E-state index contributed by atoms with van der Waals surface area (Å²) in [6, 6.07) is 13.0. The molecule has 19 heavy (non-hydrogen) atoms. The maximum atomic E-state index is 11.4. The average Bonchev–Trinajstić information content (AvgIpc) is 2.43. The van der Waals surface area contributed by atoms with E-state index in [2.05, 4.69) is 6.92 Å². The molecule has 0 bridgehead atoms. The number of hydrogen-bond acceptors (Lipinski definition) is 3. The highest BCUT2D eigenvalue weighted by Gasteiger charge is 2.04. The monoisotopic (exact) mass is 255 g/mol. The molecule has 0 fully saturated rings. The number of carbonyl (C=O) groups is 1. The lowest BCUT2D eigenvalue weighted by Gasteiger charge is -2.08. The number of carbonyl (C=O) groups excluding carboxylic acids is 1. The van der Waals surface area contributed by atoms with Crippen molar-refractivity contribution in [2.24, 2.45) is 5.73 Å². The number of benzene rings is 2. The smallest absolute Gasteiger partial charge is 0.176 e. The summed E-state index contributed by atoms with van der Waals surface area (Å²) in [7, 11) is 0. The van der Waals surface area contributed by atoms with Crippen LogP contribution >= 0.6 is 0 Å². The van der Waals surface area contributed by atoms with Crippen molar-refractivity contribution < 1.29 is 9.53 Å². The van der Waals surface area contributed by atoms with Gasteiger partial charge in [-0.25, -0.2) is 0 Å². The van der Waals surface area contributed by atoms with E-state index >= 15 is 0 Å². The zero-order chi connectivity index (χ0) is 13.8. The Hall–Kier alpha value is -2.13. The summed E-state index contributed by atoms with van der Waals surface area (Å²) in [6.45, 7) is 4.13. The topological polar surface area (TPSA) is 52.3 Å². The fourth-order valence-corrected chi connectivity index (χ4v) is 1.74. The Bertz CT molecular complexity index is 588. The number of aryl methyl sites for hydroxylation is 2. The zero-order valence-corrected chi connectivity index (χ0v) is 11.1. The first kappa shape index (κ1) is 13.3. The number of ketones is 1. The second-order valence-corrected chi connectivity index (χ2v) is 4.50. The number of Topliss-reactive ketones (excluding diaryl/α,β-unsaturated/α-hetero) is 1. The molecular formula is C16H17NO2. The third kappa shape index (κ3) is 3.20. The molecule has 0 saturated carbocycles. The van der Waals surface area contributed by atoms with Gasteiger partial charge in [-0.1, -0.05) is 6.07 Å². The molecule has 0 aliphatic carbocycles. The molecule has 0 radical (unpaired) electrons. The average molecular weight is 255 g/mol. The Kier molecular flexibility index (Phi) is 3.97. The molecule has 0 aromatic heterocycles. The van der Waals surface area contributed by atoms with Crippen molar-refractivity contribution in [2.45, 2.75) is 13.8 Å². The Morgan fingerprint density at radius 3 is 2.21 bits per heavy atom. The minimum atomic E-state index is -0.0715. The lowest BCUT2D eigenvalue weighted by molar-refractivity contribution is 0.100. The van der Waals surface area contributed by atoms with Crippen molar-refractivity contribution in [3.05, 3.63) is 59.2 Å². The molecule has 98 valence electrons. The zero-order valence-electron chi connectivity index (χ0n) is 11.1. The highest BCUT2D eigenvalue weighted by molar-refractivity contribution is 5.97. The molecule has 0 spiro atoms. The van der Waals surface area contributed by atoms with Crippen LogP contribution in [0.25, 0.3) is 0 Å². The van der Waals surface area contributed by atoms with Gasteiger partial charge in [-0.2, -0.15) is 0 Å². The van der Waals surface area contributed by atoms with Crippen molar-refractivity contribution in [1.82, 2.24) is 0 Å². The third-order valence-electron chi connectivity index (χ3n) is 3.08. The third-order valence-corrected chi connectivity index (χ3v) is 3.08. The fraction of sp³-hybridized carbons (Fsp3) is 0.188. The van der Waals surface area contributed by atoms with Gasteiger partial charge in [0.2, 0.25) is 0 Å². The van der Waals surface area contributed by atoms with E-state index in [1.165, 1.54) is 11.1 Å². The maximum absolute atomic E-state index is 11.4. The molecule has 0 heterocycles. The van der Waals surface area contributed by atoms with Crippen LogP contribution in [0, 0.1) is 13.8 Å². The van der Waals surface area contributed by atoms with Crippen LogP contribution in [0.15, 0.2) is 42.5 Å². The molecule has 2 rings (SSSR count). The SMILES string of the molecule is Cc1ccc(Oc2ccc(C(=O)CN)cc2)cc1C. The highest BCUT2D eigenvalue weighted by atomic mass is 16.5. The van der Waals surface area contributed by atoms with Crippen LogP contribution in [-0.2, 0) is 0 Å². The fourth-order valence-electron chi connectivity index (χ4n) is 1.74. The second-order valence-electron chi connectivity index (χ2n) is 4.50. The summed E-state index contributed by atoms with van der Waals surface area (Å²) in [5.74, 6) is 1.43. The van der Waals surface area contributed by atoms with E-state index < -0.39 is 0 Å². The van der Waals surface area contributed by atoms with Gasteiger partial charge in [-0.05, 0) is 61.4 Å². The van der Waals surface area contributed by atoms with Crippen molar-refractivity contribution >= 4 is 5.78 Å². The van der Waals surface area contributed by atoms with E-state index in [0.717, 1.165) is 5.75 Å². The molecule has 3 nitrogen and oxygen atoms in total. The number of rotatable bonds is 4. The molecule has 0 aliphatic rings. The summed E-state index contributed by atoms with van der Waals surface area (Å²) >= 11 is 0. The Morgan fingerprint density at radius 2 is 1.63 bits per heavy atom. The van der Waals surface area contributed by atoms with Crippen LogP contribution in [-0.4, -0.2) is 12.3 Å². The van der Waals surface area contributed by atoms with Crippen LogP contribution in [0.2, 0.25) is 0 Å². The van der Waals surface area contributed by atoms with Crippen LogP contribution in [0.3, 0.4) is 0 Å². The van der Waals surface area contributed by atoms with Crippen LogP contribution in [0.4, 0.5) is 0 Å². The first-order valence-electron chi connectivity index (χ1n) is 6.18. The van der Waals surface area contributed by atoms with Crippen molar-refractivity contribution in [3.63, 3.8) is 0 Å². The van der Waals surface area contributed by atoms with Crippen molar-refractivity contribution in [1.29, 1.82) is 0 Å². The van der Waals surface area contributed by atoms with Gasteiger partial charge >= 0.3 is 0 Å². The summed E-state index contributed by atoms with van der Waals surface area (Å²) in [4.78, 5) is 11.4. The minimum absolute atomic E-state index is 0.0252. The number of nitrogens with two attached hydrogens (primary N) is 1. The molecule has 0 unspecified atom stereocenters. The number of ether oxygens (including phenoxy) is 1. The molecule has 2 aromatic rings. The summed E-state index contributed by atoms with van der Waals surface area (Å²) in [5.41, 5.74) is 8.34. The molecular weight excluding hydrogens is 238 g/mol. The van der Waals surface area contributed by atoms with E-state index in [9.17, 15) is 4.79 Å². The Morgan fingerprint density at radius 1 is 1.00 bits per heavy atom. The normalized spacial score (nSPS) is 10.3. The van der Waals surface area contributed by atoms with E-state index in [1.54, 1.807) is 24.3 Å². The van der Waals surface area contributed by atoms with Crippen molar-refractivity contribution in [3.8, 4) is 11.5 Å². The molecule has 0 atom stereocenters. The molecule has 2 N–H and O–H groups in total. The van der Waals surface area contributed by atoms with Gasteiger partial charge in [0, 0.05) is 5.56 Å². The first-order chi connectivity index (χ1) is 9.10. The predicted octanol–water partition coefficient (Wildman–Crippen LogP) is 3.24. The van der Waals surface area contributed by atoms with Gasteiger partial charge in [0.1, 0.15) is 11.5 Å². The largest absolute Gasteiger partial charge is 0.457 e. The first-order valence-corrected chi connectivity index (χ1v) is 6.18. The summed E-state index contributed by atoms with van der Waals surface area (Å²) in [5, 5.41) is 0. The number of hydrogen-bond donors (Lipinski definition) is 1. The van der Waals surface area contributed by atoms with Gasteiger partial charge in [0.05, 0.1) is 6.54 Å². The summed E-state index contributed by atoms with van der Waals surface area (Å²) in [6.07, 6.45) is 0. The molecule has 0 aliphatic heterocycles. The minimum Gasteiger partial charge on any atom is -0.457 e. The van der Waals surface area contributed by atoms with Crippen LogP contribution < -0.4 is 10.5 Å². The van der Waals surface area contributed by atoms with E-state index in [4.69, 9.17) is 10.5 Å². The van der Waals surface area contributed by atoms with Crippen LogP contribution in [0.1, 0.15) is 21.5 Å². The van der Waals surface area contributed by atoms with Gasteiger partial charge in [0.25, 0.3) is 0 Å². The van der Waals surface area contributed by atoms with Crippen LogP contribution in [0.5, 0.6) is 11.5 Å². The van der Waals surface area contributed by atoms with Gasteiger partial charge in [-0.15, -0.1) is 0 Å². The molecule has 3 heteroatoms. The summed E-state index contributed by atoms with van der Waals surface area (Å²) < 4.78 is 5.74. The quantitative estimate of drug-likeness (QED) is 0.853.